The molecule has 0 saturated carbocycles. The van der Waals surface area contributed by atoms with E-state index in [2.05, 4.69) is 37.9 Å². The van der Waals surface area contributed by atoms with E-state index in [1.54, 1.807) is 14.2 Å². The summed E-state index contributed by atoms with van der Waals surface area (Å²) < 4.78 is 18.5. The molecule has 0 atom stereocenters. The van der Waals surface area contributed by atoms with E-state index < -0.39 is 6.89 Å². The van der Waals surface area contributed by atoms with Crippen LogP contribution in [0.5, 0.6) is 17.2 Å². The molecule has 0 aliphatic heterocycles. The molecule has 0 radical (unpaired) electrons. The lowest BCUT2D eigenvalue weighted by molar-refractivity contribution is -0.112. The minimum absolute atomic E-state index is 0.0592. The van der Waals surface area contributed by atoms with Crippen molar-refractivity contribution in [3.8, 4) is 23.3 Å². The Hall–Kier alpha value is -4.08. The van der Waals surface area contributed by atoms with Gasteiger partial charge in [0.1, 0.15) is 33.9 Å². The molecule has 0 N–H and O–H groups in total. The molecule has 0 aromatic heterocycles. The summed E-state index contributed by atoms with van der Waals surface area (Å²) in [6.07, 6.45) is -0.0592. The van der Waals surface area contributed by atoms with Gasteiger partial charge in [-0.05, 0) is 78.4 Å². The van der Waals surface area contributed by atoms with E-state index in [1.807, 2.05) is 121 Å². The Morgan fingerprint density at radius 1 is 0.733 bits per heavy atom. The Balaban J connectivity index is 1.69. The van der Waals surface area contributed by atoms with Crippen LogP contribution in [0.15, 0.2) is 130 Å². The maximum atomic E-state index is 14.6. The van der Waals surface area contributed by atoms with Gasteiger partial charge in [0.25, 0.3) is 0 Å². The lowest BCUT2D eigenvalue weighted by atomic mass is 10.1. The molecule has 5 aromatic rings. The third-order valence-corrected chi connectivity index (χ3v) is 13.0. The Morgan fingerprint density at radius 2 is 1.24 bits per heavy atom. The van der Waals surface area contributed by atoms with Gasteiger partial charge < -0.3 is 14.2 Å². The topological polar surface area (TPSA) is 68.5 Å². The third-order valence-electron chi connectivity index (χ3n) is 7.44. The number of ketones is 1. The average molecular weight is 743 g/mol. The van der Waals surface area contributed by atoms with Crippen molar-refractivity contribution < 1.29 is 19.0 Å². The number of benzene rings is 5. The molecule has 0 saturated heterocycles. The first kappa shape index (κ1) is 32.3. The van der Waals surface area contributed by atoms with Crippen LogP contribution in [0.4, 0.5) is 0 Å². The Labute approximate surface area is 280 Å². The van der Waals surface area contributed by atoms with Gasteiger partial charge >= 0.3 is 0 Å². The van der Waals surface area contributed by atoms with Crippen LogP contribution < -0.4 is 30.1 Å². The fraction of sp³-hybridized carbons (Fsp3) is 0.108. The van der Waals surface area contributed by atoms with Crippen LogP contribution in [0, 0.1) is 11.3 Å². The second-order valence-electron chi connectivity index (χ2n) is 10.1. The van der Waals surface area contributed by atoms with Crippen molar-refractivity contribution in [2.75, 3.05) is 14.2 Å². The molecule has 0 aliphatic carbocycles. The highest BCUT2D eigenvalue weighted by atomic mass is 79.9. The van der Waals surface area contributed by atoms with Gasteiger partial charge in [-0.25, -0.2) is 0 Å². The molecule has 0 fully saturated rings. The summed E-state index contributed by atoms with van der Waals surface area (Å²) in [7, 11) is 3.19. The first-order valence-electron chi connectivity index (χ1n) is 14.1. The molecule has 0 heterocycles. The summed E-state index contributed by atoms with van der Waals surface area (Å²) in [6, 6.07) is 41.5. The van der Waals surface area contributed by atoms with Crippen molar-refractivity contribution in [2.24, 2.45) is 0 Å². The lowest BCUT2D eigenvalue weighted by Crippen LogP contribution is -2.33. The van der Waals surface area contributed by atoms with Crippen molar-refractivity contribution >= 4 is 65.7 Å². The summed E-state index contributed by atoms with van der Waals surface area (Å²) in [5, 5.41) is 13.9. The number of ether oxygens (including phenoxy) is 3. The fourth-order valence-electron chi connectivity index (χ4n) is 5.36. The number of carbonyl (C=O) groups excluding carboxylic acids is 1. The molecule has 0 aliphatic rings. The third kappa shape index (κ3) is 6.65. The number of carbonyl (C=O) groups is 1. The maximum absolute atomic E-state index is 14.6. The van der Waals surface area contributed by atoms with Crippen LogP contribution >= 0.6 is 38.7 Å². The second-order valence-corrected chi connectivity index (χ2v) is 15.1. The maximum Gasteiger partial charge on any atom is 0.178 e. The molecule has 45 heavy (non-hydrogen) atoms. The van der Waals surface area contributed by atoms with Gasteiger partial charge in [-0.3, -0.25) is 4.79 Å². The molecular weight excluding hydrogens is 713 g/mol. The van der Waals surface area contributed by atoms with E-state index in [0.717, 1.165) is 27.2 Å². The standard InChI is InChI=1S/C37H30Br2NO4P/c1-42-28-20-18-26(19-21-28)25-44-36-27(22-32(38)37(43-2)35(36)39)23-33(41)34(24-40)45(29-12-6-3-7-13-29,30-14-8-4-9-15-30)31-16-10-5-11-17-31/h3-22H,23,25H2,1-2H3. The first-order valence-corrected chi connectivity index (χ1v) is 17.5. The molecule has 226 valence electrons. The van der Waals surface area contributed by atoms with Gasteiger partial charge in [0.05, 0.1) is 18.7 Å². The number of Topliss-reactive ketones (excluding diaryl/α,β-unsaturated/α-hetero) is 1. The molecule has 0 amide bonds. The van der Waals surface area contributed by atoms with Crippen molar-refractivity contribution in [2.45, 2.75) is 13.0 Å². The van der Waals surface area contributed by atoms with E-state index >= 15 is 0 Å². The second kappa shape index (κ2) is 14.8. The van der Waals surface area contributed by atoms with Crippen LogP contribution in [-0.2, 0) is 17.8 Å². The zero-order valence-electron chi connectivity index (χ0n) is 24.7. The monoisotopic (exact) mass is 741 g/mol. The summed E-state index contributed by atoms with van der Waals surface area (Å²) in [6.45, 7) is -2.63. The normalized spacial score (nSPS) is 10.9. The van der Waals surface area contributed by atoms with Crippen molar-refractivity contribution in [3.05, 3.63) is 141 Å². The van der Waals surface area contributed by atoms with Crippen LogP contribution in [-0.4, -0.2) is 25.3 Å². The average Bonchev–Trinajstić information content (AvgIpc) is 3.08. The van der Waals surface area contributed by atoms with E-state index in [-0.39, 0.29) is 24.1 Å². The molecule has 0 spiro atoms. The molecule has 5 aromatic carbocycles. The van der Waals surface area contributed by atoms with Crippen LogP contribution in [0.2, 0.25) is 0 Å². The van der Waals surface area contributed by atoms with Crippen molar-refractivity contribution in [1.29, 1.82) is 5.26 Å². The first-order chi connectivity index (χ1) is 21.9. The zero-order valence-corrected chi connectivity index (χ0v) is 28.8. The molecule has 5 nitrogen and oxygen atoms in total. The Bertz CT molecular complexity index is 1790. The predicted octanol–water partition coefficient (Wildman–Crippen LogP) is 7.61. The fourth-order valence-corrected chi connectivity index (χ4v) is 11.1. The Morgan fingerprint density at radius 3 is 1.69 bits per heavy atom. The van der Waals surface area contributed by atoms with E-state index in [1.165, 1.54) is 0 Å². The Kier molecular flexibility index (Phi) is 10.6. The zero-order chi connectivity index (χ0) is 31.8. The quantitative estimate of drug-likeness (QED) is 0.130. The SMILES string of the molecule is COc1ccc(COc2c(CC(=O)C(C#N)=P(c3ccccc3)(c3ccccc3)c3ccccc3)cc(Br)c(OC)c2Br)cc1. The van der Waals surface area contributed by atoms with Gasteiger partial charge in [0.2, 0.25) is 0 Å². The van der Waals surface area contributed by atoms with Gasteiger partial charge in [0.15, 0.2) is 11.5 Å². The van der Waals surface area contributed by atoms with Gasteiger partial charge in [0, 0.05) is 12.0 Å². The van der Waals surface area contributed by atoms with Gasteiger partial charge in [-0.2, -0.15) is 5.26 Å². The number of halogens is 2. The lowest BCUT2D eigenvalue weighted by Gasteiger charge is -2.30. The predicted molar refractivity (Wildman–Crippen MR) is 190 cm³/mol. The van der Waals surface area contributed by atoms with Crippen molar-refractivity contribution in [1.82, 2.24) is 0 Å². The number of hydrogen-bond acceptors (Lipinski definition) is 5. The highest BCUT2D eigenvalue weighted by Crippen LogP contribution is 2.47. The number of methoxy groups -OCH3 is 2. The highest BCUT2D eigenvalue weighted by molar-refractivity contribution is 9.11. The number of rotatable bonds is 11. The van der Waals surface area contributed by atoms with E-state index in [0.29, 0.717) is 26.0 Å². The molecule has 5 rings (SSSR count). The highest BCUT2D eigenvalue weighted by Gasteiger charge is 2.34. The molecule has 0 unspecified atom stereocenters. The smallest absolute Gasteiger partial charge is 0.178 e. The summed E-state index contributed by atoms with van der Waals surface area (Å²) >= 11 is 7.25. The molecule has 8 heteroatoms. The summed E-state index contributed by atoms with van der Waals surface area (Å²) in [4.78, 5) is 14.6. The molecular formula is C37H30Br2NO4P. The van der Waals surface area contributed by atoms with E-state index in [9.17, 15) is 10.1 Å². The number of nitriles is 1. The minimum atomic E-state index is -2.88. The van der Waals surface area contributed by atoms with Gasteiger partial charge in [-0.1, -0.05) is 103 Å². The summed E-state index contributed by atoms with van der Waals surface area (Å²) in [5.74, 6) is 1.48. The van der Waals surface area contributed by atoms with Gasteiger partial charge in [-0.15, -0.1) is 0 Å². The minimum Gasteiger partial charge on any atom is -0.497 e. The largest absolute Gasteiger partial charge is 0.497 e. The van der Waals surface area contributed by atoms with Crippen LogP contribution in [0.25, 0.3) is 0 Å². The molecule has 0 bridgehead atoms. The van der Waals surface area contributed by atoms with Crippen molar-refractivity contribution in [3.63, 3.8) is 0 Å². The van der Waals surface area contributed by atoms with E-state index in [4.69, 9.17) is 14.2 Å². The van der Waals surface area contributed by atoms with Crippen LogP contribution in [0.3, 0.4) is 0 Å². The summed E-state index contributed by atoms with van der Waals surface area (Å²) in [5.41, 5.74) is 1.54. The number of hydrogen-bond donors (Lipinski definition) is 0. The number of nitrogens with zero attached hydrogens (tertiary/aromatic N) is 1. The van der Waals surface area contributed by atoms with Crippen LogP contribution in [0.1, 0.15) is 11.1 Å².